The molecule has 1 saturated carbocycles. The van der Waals surface area contributed by atoms with Crippen LogP contribution in [0.4, 0.5) is 0 Å². The molecule has 0 aromatic heterocycles. The predicted molar refractivity (Wildman–Crippen MR) is 79.6 cm³/mol. The molecule has 1 atom stereocenters. The quantitative estimate of drug-likeness (QED) is 0.696. The van der Waals surface area contributed by atoms with Gasteiger partial charge in [-0.3, -0.25) is 9.69 Å². The van der Waals surface area contributed by atoms with Crippen LogP contribution in [0.15, 0.2) is 24.3 Å². The highest BCUT2D eigenvalue weighted by atomic mass is 16.1. The van der Waals surface area contributed by atoms with E-state index in [0.29, 0.717) is 6.04 Å². The van der Waals surface area contributed by atoms with Gasteiger partial charge in [0.2, 0.25) is 0 Å². The van der Waals surface area contributed by atoms with E-state index >= 15 is 0 Å². The molecule has 1 aromatic carbocycles. The second-order valence-electron chi connectivity index (χ2n) is 5.56. The molecule has 1 aliphatic carbocycles. The lowest BCUT2D eigenvalue weighted by atomic mass is 10.0. The van der Waals surface area contributed by atoms with Crippen LogP contribution in [0.5, 0.6) is 0 Å². The number of Topliss-reactive ketones (excluding diaryl/α,β-unsaturated/α-hetero) is 1. The molecule has 1 aliphatic rings. The Morgan fingerprint density at radius 3 is 2.37 bits per heavy atom. The Kier molecular flexibility index (Phi) is 4.76. The van der Waals surface area contributed by atoms with E-state index in [9.17, 15) is 4.79 Å². The zero-order valence-corrected chi connectivity index (χ0v) is 12.4. The van der Waals surface area contributed by atoms with Gasteiger partial charge in [-0.25, -0.2) is 0 Å². The normalized spacial score (nSPS) is 16.6. The lowest BCUT2D eigenvalue weighted by Crippen LogP contribution is -2.41. The lowest BCUT2D eigenvalue weighted by Gasteiger charge is -2.27. The first-order valence-corrected chi connectivity index (χ1v) is 7.56. The van der Waals surface area contributed by atoms with Crippen molar-refractivity contribution in [2.75, 3.05) is 6.54 Å². The number of rotatable bonds is 7. The van der Waals surface area contributed by atoms with Gasteiger partial charge < -0.3 is 0 Å². The first-order chi connectivity index (χ1) is 9.17. The van der Waals surface area contributed by atoms with Crippen molar-refractivity contribution in [3.63, 3.8) is 0 Å². The maximum Gasteiger partial charge on any atom is 0.179 e. The number of benzene rings is 1. The van der Waals surface area contributed by atoms with Gasteiger partial charge >= 0.3 is 0 Å². The topological polar surface area (TPSA) is 20.3 Å². The van der Waals surface area contributed by atoms with Gasteiger partial charge in [0.1, 0.15) is 0 Å². The molecule has 2 nitrogen and oxygen atoms in total. The van der Waals surface area contributed by atoms with Gasteiger partial charge in [-0.05, 0) is 44.7 Å². The van der Waals surface area contributed by atoms with Crippen molar-refractivity contribution in [3.05, 3.63) is 35.4 Å². The SMILES string of the molecule is CCCN(C1CC1)C(C)C(=O)c1ccc(CC)cc1. The van der Waals surface area contributed by atoms with E-state index in [1.54, 1.807) is 0 Å². The molecule has 0 N–H and O–H groups in total. The van der Waals surface area contributed by atoms with E-state index in [-0.39, 0.29) is 11.8 Å². The van der Waals surface area contributed by atoms with Gasteiger partial charge in [0, 0.05) is 11.6 Å². The highest BCUT2D eigenvalue weighted by Crippen LogP contribution is 2.29. The van der Waals surface area contributed by atoms with E-state index in [2.05, 4.69) is 37.8 Å². The summed E-state index contributed by atoms with van der Waals surface area (Å²) in [6.45, 7) is 7.41. The third-order valence-corrected chi connectivity index (χ3v) is 4.02. The molecule has 0 spiro atoms. The molecule has 104 valence electrons. The molecule has 2 rings (SSSR count). The minimum Gasteiger partial charge on any atom is -0.292 e. The maximum absolute atomic E-state index is 12.6. The number of ketones is 1. The Morgan fingerprint density at radius 1 is 1.26 bits per heavy atom. The monoisotopic (exact) mass is 259 g/mol. The van der Waals surface area contributed by atoms with Crippen LogP contribution in [0.2, 0.25) is 0 Å². The van der Waals surface area contributed by atoms with Crippen molar-refractivity contribution in [3.8, 4) is 0 Å². The molecule has 0 bridgehead atoms. The molecule has 0 aliphatic heterocycles. The zero-order chi connectivity index (χ0) is 13.8. The Hall–Kier alpha value is -1.15. The summed E-state index contributed by atoms with van der Waals surface area (Å²) in [4.78, 5) is 14.9. The fourth-order valence-corrected chi connectivity index (χ4v) is 2.65. The van der Waals surface area contributed by atoms with Gasteiger partial charge in [-0.1, -0.05) is 38.1 Å². The van der Waals surface area contributed by atoms with Crippen LogP contribution in [0.1, 0.15) is 56.0 Å². The lowest BCUT2D eigenvalue weighted by molar-refractivity contribution is 0.0826. The van der Waals surface area contributed by atoms with Crippen LogP contribution >= 0.6 is 0 Å². The highest BCUT2D eigenvalue weighted by molar-refractivity contribution is 5.99. The van der Waals surface area contributed by atoms with Crippen molar-refractivity contribution < 1.29 is 4.79 Å². The van der Waals surface area contributed by atoms with Crippen LogP contribution in [0.25, 0.3) is 0 Å². The number of hydrogen-bond donors (Lipinski definition) is 0. The molecule has 2 heteroatoms. The molecule has 19 heavy (non-hydrogen) atoms. The third-order valence-electron chi connectivity index (χ3n) is 4.02. The van der Waals surface area contributed by atoms with Gasteiger partial charge in [0.05, 0.1) is 6.04 Å². The molecular weight excluding hydrogens is 234 g/mol. The van der Waals surface area contributed by atoms with E-state index in [1.807, 2.05) is 12.1 Å². The summed E-state index contributed by atoms with van der Waals surface area (Å²) in [6, 6.07) is 8.76. The Bertz CT molecular complexity index is 419. The average molecular weight is 259 g/mol. The summed E-state index contributed by atoms with van der Waals surface area (Å²) in [5.41, 5.74) is 2.14. The zero-order valence-electron chi connectivity index (χ0n) is 12.4. The van der Waals surface area contributed by atoms with Crippen LogP contribution < -0.4 is 0 Å². The van der Waals surface area contributed by atoms with Crippen molar-refractivity contribution in [2.24, 2.45) is 0 Å². The summed E-state index contributed by atoms with van der Waals surface area (Å²) >= 11 is 0. The van der Waals surface area contributed by atoms with Crippen molar-refractivity contribution in [2.45, 2.75) is 58.5 Å². The fourth-order valence-electron chi connectivity index (χ4n) is 2.65. The van der Waals surface area contributed by atoms with Crippen LogP contribution in [0, 0.1) is 0 Å². The van der Waals surface area contributed by atoms with Gasteiger partial charge in [0.25, 0.3) is 0 Å². The molecule has 1 unspecified atom stereocenters. The summed E-state index contributed by atoms with van der Waals surface area (Å²) in [7, 11) is 0. The van der Waals surface area contributed by atoms with Crippen molar-refractivity contribution >= 4 is 5.78 Å². The number of carbonyl (C=O) groups excluding carboxylic acids is 1. The second-order valence-corrected chi connectivity index (χ2v) is 5.56. The van der Waals surface area contributed by atoms with Crippen molar-refractivity contribution in [1.82, 2.24) is 4.90 Å². The Balaban J connectivity index is 2.07. The number of aryl methyl sites for hydroxylation is 1. The Labute approximate surface area is 116 Å². The molecule has 1 aromatic rings. The van der Waals surface area contributed by atoms with Crippen LogP contribution in [-0.4, -0.2) is 29.3 Å². The first kappa shape index (κ1) is 14.3. The van der Waals surface area contributed by atoms with Gasteiger partial charge in [-0.2, -0.15) is 0 Å². The van der Waals surface area contributed by atoms with Crippen LogP contribution in [0.3, 0.4) is 0 Å². The fraction of sp³-hybridized carbons (Fsp3) is 0.588. The summed E-state index contributed by atoms with van der Waals surface area (Å²) in [5, 5.41) is 0. The smallest absolute Gasteiger partial charge is 0.179 e. The van der Waals surface area contributed by atoms with E-state index in [1.165, 1.54) is 18.4 Å². The van der Waals surface area contributed by atoms with Crippen molar-refractivity contribution in [1.29, 1.82) is 0 Å². The molecular formula is C17H25NO. The number of nitrogens with zero attached hydrogens (tertiary/aromatic N) is 1. The third kappa shape index (κ3) is 3.44. The largest absolute Gasteiger partial charge is 0.292 e. The first-order valence-electron chi connectivity index (χ1n) is 7.56. The summed E-state index contributed by atoms with van der Waals surface area (Å²) in [5.74, 6) is 0.267. The molecule has 0 radical (unpaired) electrons. The number of hydrogen-bond acceptors (Lipinski definition) is 2. The summed E-state index contributed by atoms with van der Waals surface area (Å²) < 4.78 is 0. The molecule has 0 heterocycles. The van der Waals surface area contributed by atoms with E-state index in [0.717, 1.165) is 24.9 Å². The molecule has 0 amide bonds. The standard InChI is InChI=1S/C17H25NO/c1-4-12-18(16-10-11-16)13(3)17(19)15-8-6-14(5-2)7-9-15/h6-9,13,16H,4-5,10-12H2,1-3H3. The molecule has 0 saturated heterocycles. The maximum atomic E-state index is 12.6. The summed E-state index contributed by atoms with van der Waals surface area (Å²) in [6.07, 6.45) is 4.65. The van der Waals surface area contributed by atoms with Crippen LogP contribution in [-0.2, 0) is 6.42 Å². The Morgan fingerprint density at radius 2 is 1.89 bits per heavy atom. The predicted octanol–water partition coefficient (Wildman–Crippen LogP) is 3.69. The van der Waals surface area contributed by atoms with Gasteiger partial charge in [-0.15, -0.1) is 0 Å². The molecule has 1 fully saturated rings. The van der Waals surface area contributed by atoms with E-state index in [4.69, 9.17) is 0 Å². The van der Waals surface area contributed by atoms with E-state index < -0.39 is 0 Å². The second kappa shape index (κ2) is 6.33. The minimum atomic E-state index is 0.0138. The number of carbonyl (C=O) groups is 1. The average Bonchev–Trinajstić information content (AvgIpc) is 3.28. The highest BCUT2D eigenvalue weighted by Gasteiger charge is 2.34. The van der Waals surface area contributed by atoms with Gasteiger partial charge in [0.15, 0.2) is 5.78 Å². The minimum absolute atomic E-state index is 0.0138.